The predicted molar refractivity (Wildman–Crippen MR) is 40.0 cm³/mol. The van der Waals surface area contributed by atoms with Gasteiger partial charge in [0.05, 0.1) is 0 Å². The fraction of sp³-hybridized carbons (Fsp3) is 0.800. The topological polar surface area (TPSA) is 97.5 Å². The minimum Gasteiger partial charge on any atom is -0.480 e. The molecule has 0 aromatic rings. The maximum atomic E-state index is 10.1. The molecule has 0 heterocycles. The van der Waals surface area contributed by atoms with Gasteiger partial charge in [-0.1, -0.05) is 0 Å². The Bertz CT molecular complexity index is 193. The van der Waals surface area contributed by atoms with Gasteiger partial charge >= 0.3 is 5.97 Å². The zero-order valence-corrected chi connectivity index (χ0v) is 6.79. The summed E-state index contributed by atoms with van der Waals surface area (Å²) in [5, 5.41) is 8.27. The van der Waals surface area contributed by atoms with Crippen molar-refractivity contribution in [2.24, 2.45) is 5.73 Å². The average Bonchev–Trinajstić information content (AvgIpc) is 1.86. The van der Waals surface area contributed by atoms with Crippen LogP contribution in [0.25, 0.3) is 0 Å². The lowest BCUT2D eigenvalue weighted by Gasteiger charge is -2.02. The number of aliphatic carboxylic acids is 1. The van der Waals surface area contributed by atoms with Crippen molar-refractivity contribution in [1.29, 1.82) is 0 Å². The van der Waals surface area contributed by atoms with Crippen LogP contribution in [0, 0.1) is 0 Å². The van der Waals surface area contributed by atoms with Crippen molar-refractivity contribution in [3.8, 4) is 0 Å². The summed E-state index contributed by atoms with van der Waals surface area (Å²) in [6.45, 7) is 0. The van der Waals surface area contributed by atoms with E-state index in [1.165, 1.54) is 0 Å². The van der Waals surface area contributed by atoms with E-state index in [1.54, 1.807) is 0 Å². The molecule has 0 aromatic carbocycles. The van der Waals surface area contributed by atoms with E-state index < -0.39 is 22.7 Å². The maximum Gasteiger partial charge on any atom is 0.320 e. The van der Waals surface area contributed by atoms with Crippen molar-refractivity contribution in [3.63, 3.8) is 0 Å². The summed E-state index contributed by atoms with van der Waals surface area (Å²) in [6, 6.07) is -0.940. The van der Waals surface area contributed by atoms with E-state index in [4.69, 9.17) is 10.8 Å². The molecule has 1 atom stereocenters. The monoisotopic (exact) mass is 181 g/mol. The quantitative estimate of drug-likeness (QED) is 0.462. The van der Waals surface area contributed by atoms with Gasteiger partial charge in [-0.25, -0.2) is 8.42 Å². The molecule has 0 rings (SSSR count). The second kappa shape index (κ2) is 5.09. The van der Waals surface area contributed by atoms with Crippen LogP contribution in [0.5, 0.6) is 0 Å². The van der Waals surface area contributed by atoms with E-state index >= 15 is 0 Å². The Labute approximate surface area is 66.2 Å². The third-order valence-electron chi connectivity index (χ3n) is 1.17. The normalized spacial score (nSPS) is 13.3. The highest BCUT2D eigenvalue weighted by atomic mass is 32.2. The second-order valence-corrected chi connectivity index (χ2v) is 3.26. The highest BCUT2D eigenvalue weighted by molar-refractivity contribution is 7.72. The van der Waals surface area contributed by atoms with Crippen LogP contribution in [-0.4, -0.2) is 31.3 Å². The Morgan fingerprint density at radius 2 is 2.09 bits per heavy atom. The van der Waals surface area contributed by atoms with Crippen molar-refractivity contribution >= 4 is 16.7 Å². The minimum atomic E-state index is -2.40. The van der Waals surface area contributed by atoms with Crippen molar-refractivity contribution in [2.75, 3.05) is 5.75 Å². The standard InChI is InChI=1S/C5H11NO4S/c6-4(5(7)8)2-1-3-11(9)10/h4,11H,1-3,6H2,(H,7,8)/t4-/m0/s1. The number of hydrogen-bond donors (Lipinski definition) is 3. The first-order valence-electron chi connectivity index (χ1n) is 3.14. The van der Waals surface area contributed by atoms with Gasteiger partial charge in [-0.2, -0.15) is 0 Å². The van der Waals surface area contributed by atoms with Crippen LogP contribution in [0.1, 0.15) is 12.8 Å². The van der Waals surface area contributed by atoms with Gasteiger partial charge in [0, 0.05) is 5.75 Å². The van der Waals surface area contributed by atoms with Crippen molar-refractivity contribution < 1.29 is 18.3 Å². The van der Waals surface area contributed by atoms with Crippen molar-refractivity contribution in [3.05, 3.63) is 0 Å². The molecule has 11 heavy (non-hydrogen) atoms. The van der Waals surface area contributed by atoms with Crippen LogP contribution < -0.4 is 5.73 Å². The molecule has 0 aliphatic carbocycles. The Morgan fingerprint density at radius 3 is 2.45 bits per heavy atom. The molecule has 0 unspecified atom stereocenters. The molecule has 6 heteroatoms. The van der Waals surface area contributed by atoms with E-state index in [0.717, 1.165) is 0 Å². The average molecular weight is 181 g/mol. The molecule has 66 valence electrons. The summed E-state index contributed by atoms with van der Waals surface area (Å²) >= 11 is 0. The number of rotatable bonds is 5. The first kappa shape index (κ1) is 10.4. The van der Waals surface area contributed by atoms with Crippen molar-refractivity contribution in [1.82, 2.24) is 0 Å². The summed E-state index contributed by atoms with van der Waals surface area (Å²) in [4.78, 5) is 10.1. The molecule has 0 aliphatic heterocycles. The molecular weight excluding hydrogens is 170 g/mol. The lowest BCUT2D eigenvalue weighted by Crippen LogP contribution is -2.30. The Morgan fingerprint density at radius 1 is 1.55 bits per heavy atom. The summed E-state index contributed by atoms with van der Waals surface area (Å²) < 4.78 is 20.0. The van der Waals surface area contributed by atoms with Gasteiger partial charge < -0.3 is 10.8 Å². The molecule has 5 nitrogen and oxygen atoms in total. The fourth-order valence-electron chi connectivity index (χ4n) is 0.564. The molecule has 0 aliphatic rings. The number of nitrogens with two attached hydrogens (primary N) is 1. The van der Waals surface area contributed by atoms with Crippen LogP contribution in [0.3, 0.4) is 0 Å². The van der Waals surface area contributed by atoms with E-state index in [-0.39, 0.29) is 12.2 Å². The van der Waals surface area contributed by atoms with E-state index in [2.05, 4.69) is 0 Å². The summed E-state index contributed by atoms with van der Waals surface area (Å²) in [7, 11) is -2.40. The first-order chi connectivity index (χ1) is 5.04. The molecule has 0 saturated carbocycles. The first-order valence-corrected chi connectivity index (χ1v) is 4.50. The molecule has 0 saturated heterocycles. The lowest BCUT2D eigenvalue weighted by molar-refractivity contribution is -0.138. The highest BCUT2D eigenvalue weighted by Crippen LogP contribution is 1.94. The van der Waals surface area contributed by atoms with E-state index in [0.29, 0.717) is 6.42 Å². The molecular formula is C5H11NO4S. The number of carboxylic acid groups (broad SMARTS) is 1. The zero-order chi connectivity index (χ0) is 8.85. The van der Waals surface area contributed by atoms with Gasteiger partial charge in [-0.15, -0.1) is 0 Å². The van der Waals surface area contributed by atoms with Crippen molar-refractivity contribution in [2.45, 2.75) is 18.9 Å². The smallest absolute Gasteiger partial charge is 0.320 e. The number of thiol groups is 1. The van der Waals surface area contributed by atoms with Crippen LogP contribution >= 0.6 is 0 Å². The second-order valence-electron chi connectivity index (χ2n) is 2.14. The molecule has 0 radical (unpaired) electrons. The van der Waals surface area contributed by atoms with Crippen LogP contribution in [0.4, 0.5) is 0 Å². The largest absolute Gasteiger partial charge is 0.480 e. The lowest BCUT2D eigenvalue weighted by atomic mass is 10.2. The third kappa shape index (κ3) is 5.81. The summed E-state index contributed by atoms with van der Waals surface area (Å²) in [5.41, 5.74) is 5.11. The maximum absolute atomic E-state index is 10.1. The van der Waals surface area contributed by atoms with Gasteiger partial charge in [0.25, 0.3) is 0 Å². The van der Waals surface area contributed by atoms with E-state index in [9.17, 15) is 13.2 Å². The summed E-state index contributed by atoms with van der Waals surface area (Å²) in [5.74, 6) is -1.08. The van der Waals surface area contributed by atoms with Gasteiger partial charge in [0.15, 0.2) is 0 Å². The van der Waals surface area contributed by atoms with Gasteiger partial charge in [0.2, 0.25) is 0 Å². The predicted octanol–water partition coefficient (Wildman–Crippen LogP) is -1.21. The molecule has 0 aromatic heterocycles. The summed E-state index contributed by atoms with van der Waals surface area (Å²) in [6.07, 6.45) is 0.519. The molecule has 0 bridgehead atoms. The number of hydrogen-bond acceptors (Lipinski definition) is 4. The van der Waals surface area contributed by atoms with Gasteiger partial charge in [-0.05, 0) is 12.8 Å². The van der Waals surface area contributed by atoms with Gasteiger partial charge in [-0.3, -0.25) is 4.79 Å². The Hall–Kier alpha value is -0.620. The van der Waals surface area contributed by atoms with Gasteiger partial charge in [0.1, 0.15) is 16.7 Å². The zero-order valence-electron chi connectivity index (χ0n) is 5.90. The fourth-order valence-corrected chi connectivity index (χ4v) is 1.00. The number of carboxylic acids is 1. The van der Waals surface area contributed by atoms with Crippen LogP contribution in [0.2, 0.25) is 0 Å². The molecule has 0 spiro atoms. The van der Waals surface area contributed by atoms with E-state index in [1.807, 2.05) is 0 Å². The Balaban J connectivity index is 3.46. The number of carbonyl (C=O) groups is 1. The van der Waals surface area contributed by atoms with Crippen LogP contribution in [-0.2, 0) is 15.5 Å². The highest BCUT2D eigenvalue weighted by Gasteiger charge is 2.09. The minimum absolute atomic E-state index is 0.0102. The third-order valence-corrected chi connectivity index (χ3v) is 1.85. The van der Waals surface area contributed by atoms with Crippen LogP contribution in [0.15, 0.2) is 0 Å². The SMILES string of the molecule is N[C@@H](CCC[SH](=O)=O)C(=O)O. The molecule has 3 N–H and O–H groups in total. The Kier molecular flexibility index (Phi) is 4.80. The molecule has 0 amide bonds. The molecule has 0 fully saturated rings.